The molecule has 176 valence electrons. The standard InChI is InChI=1S/C24H23ClN4O2S3/c1-15(33-24-28-18-9-5-6-10-19(18)34-24)21(30)26-12-11-17(13-16-7-3-2-4-8-16)27-22(31)23-29-20(25)14-32-23/h2-10,14-15,17H,11-13H2,1H3,(H,26,30)(H,27,31). The SMILES string of the molecule is CC(Sc1nc2ccccc2s1)C(=O)NCCC(Cc1ccccc1)NC(=O)c1nc(Cl)cs1. The highest BCUT2D eigenvalue weighted by atomic mass is 35.5. The fraction of sp³-hybridized carbons (Fsp3) is 0.250. The second-order valence-electron chi connectivity index (χ2n) is 7.62. The van der Waals surface area contributed by atoms with Crippen LogP contribution < -0.4 is 10.6 Å². The van der Waals surface area contributed by atoms with Crippen LogP contribution in [0.5, 0.6) is 0 Å². The molecule has 0 aliphatic heterocycles. The third kappa shape index (κ3) is 6.79. The molecule has 0 fully saturated rings. The Labute approximate surface area is 215 Å². The maximum Gasteiger partial charge on any atom is 0.280 e. The van der Waals surface area contributed by atoms with Gasteiger partial charge in [0.05, 0.1) is 15.5 Å². The molecule has 0 aliphatic rings. The van der Waals surface area contributed by atoms with E-state index in [4.69, 9.17) is 11.6 Å². The van der Waals surface area contributed by atoms with E-state index in [2.05, 4.69) is 20.6 Å². The molecule has 0 aliphatic carbocycles. The van der Waals surface area contributed by atoms with E-state index in [-0.39, 0.29) is 23.1 Å². The van der Waals surface area contributed by atoms with Gasteiger partial charge in [-0.2, -0.15) is 0 Å². The maximum absolute atomic E-state index is 12.7. The Hall–Kier alpha value is -2.46. The summed E-state index contributed by atoms with van der Waals surface area (Å²) in [6.07, 6.45) is 1.24. The number of benzene rings is 2. The van der Waals surface area contributed by atoms with Gasteiger partial charge in [-0.05, 0) is 37.5 Å². The number of aromatic nitrogens is 2. The summed E-state index contributed by atoms with van der Waals surface area (Å²) in [6.45, 7) is 2.32. The zero-order chi connectivity index (χ0) is 23.9. The van der Waals surface area contributed by atoms with Gasteiger partial charge in [0.25, 0.3) is 5.91 Å². The molecule has 0 radical (unpaired) electrons. The lowest BCUT2D eigenvalue weighted by molar-refractivity contribution is -0.120. The van der Waals surface area contributed by atoms with Crippen LogP contribution in [0.4, 0.5) is 0 Å². The van der Waals surface area contributed by atoms with Crippen molar-refractivity contribution in [3.05, 3.63) is 75.7 Å². The average Bonchev–Trinajstić information content (AvgIpc) is 3.45. The minimum absolute atomic E-state index is 0.0549. The number of hydrogen-bond acceptors (Lipinski definition) is 7. The molecule has 0 bridgehead atoms. The maximum atomic E-state index is 12.7. The third-order valence-electron chi connectivity index (χ3n) is 5.04. The summed E-state index contributed by atoms with van der Waals surface area (Å²) in [4.78, 5) is 34.0. The van der Waals surface area contributed by atoms with Crippen LogP contribution in [0.1, 0.15) is 28.7 Å². The van der Waals surface area contributed by atoms with Crippen LogP contribution >= 0.6 is 46.0 Å². The predicted octanol–water partition coefficient (Wildman–Crippen LogP) is 5.43. The Bertz CT molecular complexity index is 1230. The first-order valence-electron chi connectivity index (χ1n) is 10.7. The number of carbonyl (C=O) groups excluding carboxylic acids is 2. The molecule has 2 N–H and O–H groups in total. The predicted molar refractivity (Wildman–Crippen MR) is 141 cm³/mol. The van der Waals surface area contributed by atoms with E-state index < -0.39 is 0 Å². The molecular formula is C24H23ClN4O2S3. The van der Waals surface area contributed by atoms with Crippen molar-refractivity contribution in [3.63, 3.8) is 0 Å². The molecule has 0 spiro atoms. The van der Waals surface area contributed by atoms with E-state index in [1.807, 2.05) is 61.5 Å². The summed E-state index contributed by atoms with van der Waals surface area (Å²) in [5.41, 5.74) is 2.06. The quantitative estimate of drug-likeness (QED) is 0.267. The highest BCUT2D eigenvalue weighted by molar-refractivity contribution is 8.02. The number of rotatable bonds is 10. The van der Waals surface area contributed by atoms with Gasteiger partial charge < -0.3 is 10.6 Å². The van der Waals surface area contributed by atoms with E-state index in [1.54, 1.807) is 16.7 Å². The van der Waals surface area contributed by atoms with Gasteiger partial charge >= 0.3 is 0 Å². The number of thioether (sulfide) groups is 1. The van der Waals surface area contributed by atoms with Crippen molar-refractivity contribution >= 4 is 68.1 Å². The highest BCUT2D eigenvalue weighted by Gasteiger charge is 2.20. The van der Waals surface area contributed by atoms with Gasteiger partial charge in [-0.1, -0.05) is 65.8 Å². The average molecular weight is 531 g/mol. The Balaban J connectivity index is 1.32. The number of amides is 2. The number of carbonyl (C=O) groups is 2. The number of fused-ring (bicyclic) bond motifs is 1. The van der Waals surface area contributed by atoms with E-state index >= 15 is 0 Å². The topological polar surface area (TPSA) is 84.0 Å². The highest BCUT2D eigenvalue weighted by Crippen LogP contribution is 2.31. The van der Waals surface area contributed by atoms with E-state index in [0.717, 1.165) is 20.1 Å². The van der Waals surface area contributed by atoms with E-state index in [0.29, 0.717) is 29.5 Å². The fourth-order valence-electron chi connectivity index (χ4n) is 3.35. The summed E-state index contributed by atoms with van der Waals surface area (Å²) in [5, 5.41) is 8.03. The number of halogens is 1. The lowest BCUT2D eigenvalue weighted by Gasteiger charge is -2.19. The monoisotopic (exact) mass is 530 g/mol. The Morgan fingerprint density at radius 1 is 1.09 bits per heavy atom. The van der Waals surface area contributed by atoms with Crippen molar-refractivity contribution in [2.75, 3.05) is 6.54 Å². The van der Waals surface area contributed by atoms with Crippen molar-refractivity contribution in [1.29, 1.82) is 0 Å². The van der Waals surface area contributed by atoms with Crippen LogP contribution in [0.15, 0.2) is 64.3 Å². The van der Waals surface area contributed by atoms with Crippen LogP contribution in [-0.4, -0.2) is 39.6 Å². The minimum atomic E-state index is -0.278. The van der Waals surface area contributed by atoms with Gasteiger partial charge in [-0.3, -0.25) is 9.59 Å². The number of hydrogen-bond donors (Lipinski definition) is 2. The molecule has 4 aromatic rings. The second kappa shape index (κ2) is 11.8. The lowest BCUT2D eigenvalue weighted by atomic mass is 10.0. The van der Waals surface area contributed by atoms with E-state index in [1.165, 1.54) is 23.1 Å². The summed E-state index contributed by atoms with van der Waals surface area (Å²) in [6, 6.07) is 17.7. The van der Waals surface area contributed by atoms with Crippen LogP contribution in [0.3, 0.4) is 0 Å². The van der Waals surface area contributed by atoms with Crippen molar-refractivity contribution < 1.29 is 9.59 Å². The van der Waals surface area contributed by atoms with Crippen LogP contribution in [0, 0.1) is 0 Å². The molecule has 2 aromatic carbocycles. The molecule has 10 heteroatoms. The zero-order valence-electron chi connectivity index (χ0n) is 18.4. The number of para-hydroxylation sites is 1. The second-order valence-corrected chi connectivity index (χ2v) is 11.5. The lowest BCUT2D eigenvalue weighted by Crippen LogP contribution is -2.40. The van der Waals surface area contributed by atoms with Gasteiger partial charge in [0.15, 0.2) is 9.35 Å². The fourth-order valence-corrected chi connectivity index (χ4v) is 6.43. The van der Waals surface area contributed by atoms with Crippen molar-refractivity contribution in [1.82, 2.24) is 20.6 Å². The molecule has 34 heavy (non-hydrogen) atoms. The van der Waals surface area contributed by atoms with Crippen molar-refractivity contribution in [2.24, 2.45) is 0 Å². The first kappa shape index (κ1) is 24.7. The molecular weight excluding hydrogens is 508 g/mol. The summed E-state index contributed by atoms with van der Waals surface area (Å²) >= 11 is 10.1. The smallest absolute Gasteiger partial charge is 0.280 e. The van der Waals surface area contributed by atoms with Gasteiger partial charge in [-0.15, -0.1) is 22.7 Å². The number of thiazole rings is 2. The number of nitrogens with one attached hydrogen (secondary N) is 2. The normalized spacial score (nSPS) is 12.9. The van der Waals surface area contributed by atoms with Gasteiger partial charge in [-0.25, -0.2) is 9.97 Å². The largest absolute Gasteiger partial charge is 0.355 e. The minimum Gasteiger partial charge on any atom is -0.355 e. The molecule has 2 amide bonds. The molecule has 4 rings (SSSR count). The molecule has 0 saturated heterocycles. The molecule has 2 unspecified atom stereocenters. The Kier molecular flexibility index (Phi) is 8.55. The Morgan fingerprint density at radius 3 is 2.59 bits per heavy atom. The van der Waals surface area contributed by atoms with Crippen LogP contribution in [-0.2, 0) is 11.2 Å². The van der Waals surface area contributed by atoms with Crippen molar-refractivity contribution in [3.8, 4) is 0 Å². The first-order chi connectivity index (χ1) is 16.5. The van der Waals surface area contributed by atoms with Gasteiger partial charge in [0.2, 0.25) is 5.91 Å². The molecule has 6 nitrogen and oxygen atoms in total. The molecule has 2 aromatic heterocycles. The van der Waals surface area contributed by atoms with Gasteiger partial charge in [0.1, 0.15) is 5.15 Å². The molecule has 2 heterocycles. The van der Waals surface area contributed by atoms with Crippen molar-refractivity contribution in [2.45, 2.75) is 35.4 Å². The van der Waals surface area contributed by atoms with E-state index in [9.17, 15) is 9.59 Å². The summed E-state index contributed by atoms with van der Waals surface area (Å²) in [5.74, 6) is -0.315. The van der Waals surface area contributed by atoms with Crippen LogP contribution in [0.25, 0.3) is 10.2 Å². The zero-order valence-corrected chi connectivity index (χ0v) is 21.6. The first-order valence-corrected chi connectivity index (χ1v) is 13.7. The van der Waals surface area contributed by atoms with Gasteiger partial charge in [0, 0.05) is 18.0 Å². The van der Waals surface area contributed by atoms with Crippen LogP contribution in [0.2, 0.25) is 5.15 Å². The molecule has 2 atom stereocenters. The Morgan fingerprint density at radius 2 is 1.85 bits per heavy atom. The summed E-state index contributed by atoms with van der Waals surface area (Å²) in [7, 11) is 0. The number of nitrogens with zero attached hydrogens (tertiary/aromatic N) is 2. The molecule has 0 saturated carbocycles. The third-order valence-corrected chi connectivity index (χ3v) is 8.44. The summed E-state index contributed by atoms with van der Waals surface area (Å²) < 4.78 is 1.98.